The molecule has 1 aliphatic rings. The van der Waals surface area contributed by atoms with Gasteiger partial charge in [0.15, 0.2) is 5.82 Å². The molecule has 1 unspecified atom stereocenters. The van der Waals surface area contributed by atoms with Crippen molar-refractivity contribution in [1.82, 2.24) is 9.97 Å². The van der Waals surface area contributed by atoms with Crippen LogP contribution in [0.1, 0.15) is 56.1 Å². The molecule has 4 heteroatoms. The molecule has 0 bridgehead atoms. The average Bonchev–Trinajstić information content (AvgIpc) is 3.08. The lowest BCUT2D eigenvalue weighted by molar-refractivity contribution is 0.0875. The quantitative estimate of drug-likeness (QED) is 0.829. The second-order valence-electron chi connectivity index (χ2n) is 4.36. The van der Waals surface area contributed by atoms with Gasteiger partial charge in [0.25, 0.3) is 0 Å². The van der Waals surface area contributed by atoms with Crippen LogP contribution >= 0.6 is 0 Å². The largest absolute Gasteiger partial charge is 0.384 e. The van der Waals surface area contributed by atoms with E-state index in [1.807, 2.05) is 6.07 Å². The van der Waals surface area contributed by atoms with Crippen molar-refractivity contribution in [2.24, 2.45) is 0 Å². The van der Waals surface area contributed by atoms with E-state index in [0.717, 1.165) is 24.4 Å². The van der Waals surface area contributed by atoms with Gasteiger partial charge >= 0.3 is 0 Å². The molecule has 0 saturated heterocycles. The van der Waals surface area contributed by atoms with Crippen LogP contribution in [0.4, 0.5) is 5.82 Å². The molecule has 1 heterocycles. The Morgan fingerprint density at radius 1 is 1.50 bits per heavy atom. The first-order chi connectivity index (χ1) is 7.74. The summed E-state index contributed by atoms with van der Waals surface area (Å²) in [4.78, 5) is 8.84. The summed E-state index contributed by atoms with van der Waals surface area (Å²) in [7, 11) is 1.70. The summed E-state index contributed by atoms with van der Waals surface area (Å²) in [6, 6.07) is 1.89. The summed E-state index contributed by atoms with van der Waals surface area (Å²) >= 11 is 0. The lowest BCUT2D eigenvalue weighted by Crippen LogP contribution is -2.10. The van der Waals surface area contributed by atoms with Gasteiger partial charge in [0.1, 0.15) is 11.9 Å². The van der Waals surface area contributed by atoms with Gasteiger partial charge in [-0.1, -0.05) is 13.3 Å². The Bertz CT molecular complexity index is 363. The third-order valence-electron chi connectivity index (χ3n) is 2.90. The number of nitrogen functional groups attached to an aromatic ring is 1. The molecule has 0 radical (unpaired) electrons. The second kappa shape index (κ2) is 4.78. The van der Waals surface area contributed by atoms with Crippen molar-refractivity contribution >= 4 is 5.82 Å². The van der Waals surface area contributed by atoms with Crippen LogP contribution < -0.4 is 5.73 Å². The fraction of sp³-hybridized carbons (Fsp3) is 0.667. The SMILES string of the molecule is CCCC(OC)c1nc(N)cc(C2CC2)n1. The first-order valence-corrected chi connectivity index (χ1v) is 5.91. The van der Waals surface area contributed by atoms with Crippen LogP contribution in [-0.4, -0.2) is 17.1 Å². The first-order valence-electron chi connectivity index (χ1n) is 5.91. The number of methoxy groups -OCH3 is 1. The van der Waals surface area contributed by atoms with Gasteiger partial charge < -0.3 is 10.5 Å². The smallest absolute Gasteiger partial charge is 0.159 e. The molecule has 1 atom stereocenters. The maximum Gasteiger partial charge on any atom is 0.159 e. The zero-order valence-electron chi connectivity index (χ0n) is 9.94. The maximum absolute atomic E-state index is 5.81. The Morgan fingerprint density at radius 3 is 2.81 bits per heavy atom. The highest BCUT2D eigenvalue weighted by molar-refractivity contribution is 5.33. The van der Waals surface area contributed by atoms with E-state index in [9.17, 15) is 0 Å². The van der Waals surface area contributed by atoms with Crippen LogP contribution in [0.2, 0.25) is 0 Å². The molecule has 0 aliphatic heterocycles. The normalized spacial score (nSPS) is 17.4. The van der Waals surface area contributed by atoms with Crippen LogP contribution in [0.3, 0.4) is 0 Å². The monoisotopic (exact) mass is 221 g/mol. The zero-order valence-corrected chi connectivity index (χ0v) is 9.94. The Labute approximate surface area is 96.2 Å². The Morgan fingerprint density at radius 2 is 2.25 bits per heavy atom. The standard InChI is InChI=1S/C12H19N3O/c1-3-4-10(16-2)12-14-9(8-5-6-8)7-11(13)15-12/h7-8,10H,3-6H2,1-2H3,(H2,13,14,15). The molecule has 0 amide bonds. The lowest BCUT2D eigenvalue weighted by Gasteiger charge is -2.14. The number of ether oxygens (including phenoxy) is 1. The number of rotatable bonds is 5. The molecule has 2 N–H and O–H groups in total. The van der Waals surface area contributed by atoms with Crippen LogP contribution in [-0.2, 0) is 4.74 Å². The van der Waals surface area contributed by atoms with Crippen molar-refractivity contribution in [3.63, 3.8) is 0 Å². The molecule has 0 aromatic carbocycles. The summed E-state index contributed by atoms with van der Waals surface area (Å²) in [6.45, 7) is 2.13. The van der Waals surface area contributed by atoms with Gasteiger partial charge in [-0.25, -0.2) is 9.97 Å². The van der Waals surface area contributed by atoms with E-state index in [0.29, 0.717) is 11.7 Å². The molecule has 4 nitrogen and oxygen atoms in total. The van der Waals surface area contributed by atoms with E-state index in [1.165, 1.54) is 12.8 Å². The van der Waals surface area contributed by atoms with Crippen molar-refractivity contribution < 1.29 is 4.74 Å². The summed E-state index contributed by atoms with van der Waals surface area (Å²) in [5, 5.41) is 0. The highest BCUT2D eigenvalue weighted by Crippen LogP contribution is 2.39. The second-order valence-corrected chi connectivity index (χ2v) is 4.36. The van der Waals surface area contributed by atoms with E-state index < -0.39 is 0 Å². The predicted octanol–water partition coefficient (Wildman–Crippen LogP) is 2.42. The summed E-state index contributed by atoms with van der Waals surface area (Å²) in [5.41, 5.74) is 6.89. The predicted molar refractivity (Wildman–Crippen MR) is 63.1 cm³/mol. The Balaban J connectivity index is 2.24. The number of nitrogens with two attached hydrogens (primary N) is 1. The molecule has 1 aromatic rings. The molecular formula is C12H19N3O. The molecule has 1 saturated carbocycles. The van der Waals surface area contributed by atoms with E-state index in [1.54, 1.807) is 7.11 Å². The highest BCUT2D eigenvalue weighted by atomic mass is 16.5. The maximum atomic E-state index is 5.81. The zero-order chi connectivity index (χ0) is 11.5. The van der Waals surface area contributed by atoms with E-state index in [2.05, 4.69) is 16.9 Å². The topological polar surface area (TPSA) is 61.0 Å². The van der Waals surface area contributed by atoms with E-state index in [-0.39, 0.29) is 6.10 Å². The van der Waals surface area contributed by atoms with Gasteiger partial charge in [-0.05, 0) is 19.3 Å². The summed E-state index contributed by atoms with van der Waals surface area (Å²) in [5.74, 6) is 1.90. The number of hydrogen-bond acceptors (Lipinski definition) is 4. The molecule has 1 aromatic heterocycles. The number of aromatic nitrogens is 2. The van der Waals surface area contributed by atoms with Crippen molar-refractivity contribution in [3.05, 3.63) is 17.6 Å². The van der Waals surface area contributed by atoms with Gasteiger partial charge in [0.2, 0.25) is 0 Å². The molecule has 1 fully saturated rings. The van der Waals surface area contributed by atoms with E-state index in [4.69, 9.17) is 10.5 Å². The van der Waals surface area contributed by atoms with Crippen molar-refractivity contribution in [2.75, 3.05) is 12.8 Å². The van der Waals surface area contributed by atoms with Crippen LogP contribution in [0.25, 0.3) is 0 Å². The van der Waals surface area contributed by atoms with Crippen molar-refractivity contribution in [3.8, 4) is 0 Å². The third kappa shape index (κ3) is 2.50. The summed E-state index contributed by atoms with van der Waals surface area (Å²) in [6.07, 6.45) is 4.41. The van der Waals surface area contributed by atoms with Gasteiger partial charge in [0, 0.05) is 24.8 Å². The molecular weight excluding hydrogens is 202 g/mol. The summed E-state index contributed by atoms with van der Waals surface area (Å²) < 4.78 is 5.41. The molecule has 2 rings (SSSR count). The third-order valence-corrected chi connectivity index (χ3v) is 2.90. The molecule has 88 valence electrons. The average molecular weight is 221 g/mol. The first kappa shape index (κ1) is 11.3. The minimum Gasteiger partial charge on any atom is -0.384 e. The highest BCUT2D eigenvalue weighted by Gasteiger charge is 2.27. The molecule has 1 aliphatic carbocycles. The van der Waals surface area contributed by atoms with Crippen molar-refractivity contribution in [2.45, 2.75) is 44.6 Å². The minimum atomic E-state index is -0.0222. The van der Waals surface area contributed by atoms with Crippen LogP contribution in [0.15, 0.2) is 6.07 Å². The Kier molecular flexibility index (Phi) is 3.39. The van der Waals surface area contributed by atoms with Gasteiger partial charge in [-0.2, -0.15) is 0 Å². The number of nitrogens with zero attached hydrogens (tertiary/aromatic N) is 2. The minimum absolute atomic E-state index is 0.0222. The van der Waals surface area contributed by atoms with Crippen LogP contribution in [0.5, 0.6) is 0 Å². The van der Waals surface area contributed by atoms with Gasteiger partial charge in [0.05, 0.1) is 0 Å². The van der Waals surface area contributed by atoms with Gasteiger partial charge in [-0.15, -0.1) is 0 Å². The van der Waals surface area contributed by atoms with Crippen LogP contribution in [0, 0.1) is 0 Å². The van der Waals surface area contributed by atoms with Crippen molar-refractivity contribution in [1.29, 1.82) is 0 Å². The Hall–Kier alpha value is -1.16. The fourth-order valence-corrected chi connectivity index (χ4v) is 1.85. The lowest BCUT2D eigenvalue weighted by atomic mass is 10.2. The van der Waals surface area contributed by atoms with E-state index >= 15 is 0 Å². The van der Waals surface area contributed by atoms with Gasteiger partial charge in [-0.3, -0.25) is 0 Å². The molecule has 16 heavy (non-hydrogen) atoms. The fourth-order valence-electron chi connectivity index (χ4n) is 1.85. The number of hydrogen-bond donors (Lipinski definition) is 1. The number of anilines is 1. The molecule has 0 spiro atoms.